The van der Waals surface area contributed by atoms with Gasteiger partial charge in [-0.3, -0.25) is 0 Å². The molecule has 2 rings (SSSR count). The zero-order chi connectivity index (χ0) is 11.0. The van der Waals surface area contributed by atoms with Gasteiger partial charge in [0.1, 0.15) is 12.0 Å². The minimum atomic E-state index is 0.963. The summed E-state index contributed by atoms with van der Waals surface area (Å²) in [5.41, 5.74) is 7.05. The molecule has 0 bridgehead atoms. The van der Waals surface area contributed by atoms with Gasteiger partial charge in [-0.2, -0.15) is 0 Å². The Balaban J connectivity index is 2.68. The fourth-order valence-corrected chi connectivity index (χ4v) is 2.08. The zero-order valence-electron chi connectivity index (χ0n) is 9.59. The van der Waals surface area contributed by atoms with Gasteiger partial charge < -0.3 is 4.52 Å². The zero-order valence-corrected chi connectivity index (χ0v) is 9.59. The predicted molar refractivity (Wildman–Crippen MR) is 60.9 cm³/mol. The van der Waals surface area contributed by atoms with E-state index < -0.39 is 0 Å². The summed E-state index contributed by atoms with van der Waals surface area (Å²) < 4.78 is 4.99. The van der Waals surface area contributed by atoms with Gasteiger partial charge in [0.25, 0.3) is 0 Å². The second-order valence-corrected chi connectivity index (χ2v) is 4.12. The molecule has 0 saturated carbocycles. The average Bonchev–Trinajstić information content (AvgIpc) is 2.50. The SMILES string of the molecule is Cc1cc(C)c(-c2nocc2C)c(C)c1. The Hall–Kier alpha value is -1.57. The molecular weight excluding hydrogens is 186 g/mol. The molecule has 0 spiro atoms. The lowest BCUT2D eigenvalue weighted by Gasteiger charge is -2.08. The molecule has 0 N–H and O–H groups in total. The van der Waals surface area contributed by atoms with Gasteiger partial charge in [0.05, 0.1) is 0 Å². The minimum Gasteiger partial charge on any atom is -0.364 e. The van der Waals surface area contributed by atoms with Crippen LogP contribution >= 0.6 is 0 Å². The Kier molecular flexibility index (Phi) is 2.35. The molecule has 0 unspecified atom stereocenters. The number of hydrogen-bond donors (Lipinski definition) is 0. The molecule has 15 heavy (non-hydrogen) atoms. The predicted octanol–water partition coefficient (Wildman–Crippen LogP) is 3.58. The van der Waals surface area contributed by atoms with E-state index >= 15 is 0 Å². The van der Waals surface area contributed by atoms with Crippen LogP contribution in [-0.4, -0.2) is 5.16 Å². The van der Waals surface area contributed by atoms with Gasteiger partial charge >= 0.3 is 0 Å². The summed E-state index contributed by atoms with van der Waals surface area (Å²) in [4.78, 5) is 0. The average molecular weight is 201 g/mol. The van der Waals surface area contributed by atoms with Crippen molar-refractivity contribution in [2.45, 2.75) is 27.7 Å². The van der Waals surface area contributed by atoms with E-state index in [0.717, 1.165) is 11.3 Å². The molecule has 2 heteroatoms. The standard InChI is InChI=1S/C13H15NO/c1-8-5-9(2)12(10(3)6-8)13-11(4)7-15-14-13/h5-7H,1-4H3. The van der Waals surface area contributed by atoms with Gasteiger partial charge in [0.2, 0.25) is 0 Å². The fraction of sp³-hybridized carbons (Fsp3) is 0.308. The van der Waals surface area contributed by atoms with Crippen molar-refractivity contribution in [2.24, 2.45) is 0 Å². The van der Waals surface area contributed by atoms with Crippen LogP contribution in [0.4, 0.5) is 0 Å². The summed E-state index contributed by atoms with van der Waals surface area (Å²) in [7, 11) is 0. The van der Waals surface area contributed by atoms with E-state index in [1.165, 1.54) is 22.3 Å². The Morgan fingerprint density at radius 1 is 0.933 bits per heavy atom. The third kappa shape index (κ3) is 1.67. The summed E-state index contributed by atoms with van der Waals surface area (Å²) in [5.74, 6) is 0. The molecule has 0 aliphatic rings. The van der Waals surface area contributed by atoms with Crippen molar-refractivity contribution in [2.75, 3.05) is 0 Å². The lowest BCUT2D eigenvalue weighted by Crippen LogP contribution is -1.91. The second kappa shape index (κ2) is 3.54. The summed E-state index contributed by atoms with van der Waals surface area (Å²) in [6.07, 6.45) is 1.69. The molecule has 1 heterocycles. The molecule has 0 amide bonds. The van der Waals surface area contributed by atoms with Crippen molar-refractivity contribution >= 4 is 0 Å². The summed E-state index contributed by atoms with van der Waals surface area (Å²) in [6, 6.07) is 4.35. The van der Waals surface area contributed by atoms with Gasteiger partial charge in [-0.1, -0.05) is 22.9 Å². The number of aryl methyl sites for hydroxylation is 4. The van der Waals surface area contributed by atoms with Crippen LogP contribution in [0.5, 0.6) is 0 Å². The van der Waals surface area contributed by atoms with Crippen molar-refractivity contribution < 1.29 is 4.52 Å². The molecule has 0 radical (unpaired) electrons. The van der Waals surface area contributed by atoms with E-state index in [2.05, 4.69) is 38.1 Å². The Morgan fingerprint density at radius 2 is 1.53 bits per heavy atom. The van der Waals surface area contributed by atoms with Gasteiger partial charge in [-0.25, -0.2) is 0 Å². The van der Waals surface area contributed by atoms with E-state index in [0.29, 0.717) is 0 Å². The summed E-state index contributed by atoms with van der Waals surface area (Å²) in [6.45, 7) is 8.36. The Labute approximate surface area is 89.9 Å². The van der Waals surface area contributed by atoms with E-state index in [4.69, 9.17) is 4.52 Å². The molecule has 0 aliphatic heterocycles. The highest BCUT2D eigenvalue weighted by atomic mass is 16.5. The lowest BCUT2D eigenvalue weighted by molar-refractivity contribution is 0.421. The molecule has 1 aromatic heterocycles. The van der Waals surface area contributed by atoms with Crippen molar-refractivity contribution in [1.29, 1.82) is 0 Å². The third-order valence-corrected chi connectivity index (χ3v) is 2.66. The molecule has 0 fully saturated rings. The first-order chi connectivity index (χ1) is 7.09. The maximum Gasteiger partial charge on any atom is 0.127 e. The molecule has 0 saturated heterocycles. The topological polar surface area (TPSA) is 26.0 Å². The van der Waals surface area contributed by atoms with E-state index in [9.17, 15) is 0 Å². The van der Waals surface area contributed by atoms with Crippen LogP contribution in [-0.2, 0) is 0 Å². The first kappa shape index (κ1) is 9.97. The van der Waals surface area contributed by atoms with E-state index in [1.807, 2.05) is 6.92 Å². The van der Waals surface area contributed by atoms with Crippen LogP contribution in [0.15, 0.2) is 22.9 Å². The first-order valence-corrected chi connectivity index (χ1v) is 5.09. The van der Waals surface area contributed by atoms with Crippen LogP contribution < -0.4 is 0 Å². The number of benzene rings is 1. The maximum atomic E-state index is 4.99. The molecule has 0 aliphatic carbocycles. The molecule has 2 nitrogen and oxygen atoms in total. The molecular formula is C13H15NO. The highest BCUT2D eigenvalue weighted by Gasteiger charge is 2.12. The number of nitrogens with zero attached hydrogens (tertiary/aromatic N) is 1. The highest BCUT2D eigenvalue weighted by molar-refractivity contribution is 5.70. The monoisotopic (exact) mass is 201 g/mol. The maximum absolute atomic E-state index is 4.99. The Morgan fingerprint density at radius 3 is 2.00 bits per heavy atom. The van der Waals surface area contributed by atoms with Crippen LogP contribution in [0.3, 0.4) is 0 Å². The summed E-state index contributed by atoms with van der Waals surface area (Å²) >= 11 is 0. The van der Waals surface area contributed by atoms with Gasteiger partial charge in [-0.05, 0) is 38.8 Å². The summed E-state index contributed by atoms with van der Waals surface area (Å²) in [5, 5.41) is 4.06. The number of aromatic nitrogens is 1. The van der Waals surface area contributed by atoms with Crippen LogP contribution in [0.2, 0.25) is 0 Å². The van der Waals surface area contributed by atoms with Gasteiger partial charge in [-0.15, -0.1) is 0 Å². The van der Waals surface area contributed by atoms with E-state index in [-0.39, 0.29) is 0 Å². The quantitative estimate of drug-likeness (QED) is 0.704. The first-order valence-electron chi connectivity index (χ1n) is 5.09. The second-order valence-electron chi connectivity index (χ2n) is 4.12. The Bertz CT molecular complexity index is 474. The number of hydrogen-bond acceptors (Lipinski definition) is 2. The fourth-order valence-electron chi connectivity index (χ4n) is 2.08. The smallest absolute Gasteiger partial charge is 0.127 e. The van der Waals surface area contributed by atoms with E-state index in [1.54, 1.807) is 6.26 Å². The normalized spacial score (nSPS) is 10.7. The third-order valence-electron chi connectivity index (χ3n) is 2.66. The molecule has 1 aromatic carbocycles. The van der Waals surface area contributed by atoms with Crippen molar-refractivity contribution in [1.82, 2.24) is 5.16 Å². The minimum absolute atomic E-state index is 0.963. The number of rotatable bonds is 1. The lowest BCUT2D eigenvalue weighted by atomic mass is 9.96. The van der Waals surface area contributed by atoms with Crippen LogP contribution in [0.1, 0.15) is 22.3 Å². The van der Waals surface area contributed by atoms with Crippen LogP contribution in [0, 0.1) is 27.7 Å². The van der Waals surface area contributed by atoms with Crippen molar-refractivity contribution in [3.63, 3.8) is 0 Å². The van der Waals surface area contributed by atoms with Crippen molar-refractivity contribution in [3.05, 3.63) is 40.6 Å². The molecule has 78 valence electrons. The van der Waals surface area contributed by atoms with Gasteiger partial charge in [0, 0.05) is 11.1 Å². The van der Waals surface area contributed by atoms with Gasteiger partial charge in [0.15, 0.2) is 0 Å². The largest absolute Gasteiger partial charge is 0.364 e. The molecule has 2 aromatic rings. The van der Waals surface area contributed by atoms with Crippen molar-refractivity contribution in [3.8, 4) is 11.3 Å². The molecule has 0 atom stereocenters. The van der Waals surface area contributed by atoms with Crippen LogP contribution in [0.25, 0.3) is 11.3 Å². The highest BCUT2D eigenvalue weighted by Crippen LogP contribution is 2.29.